The van der Waals surface area contributed by atoms with E-state index in [0.717, 1.165) is 0 Å². The van der Waals surface area contributed by atoms with Gasteiger partial charge in [0.1, 0.15) is 0 Å². The molecule has 0 atom stereocenters. The number of nitrogens with two attached hydrogens (primary N) is 1. The van der Waals surface area contributed by atoms with E-state index in [-0.39, 0.29) is 12.5 Å². The van der Waals surface area contributed by atoms with E-state index in [2.05, 4.69) is 10.6 Å². The second-order valence-corrected chi connectivity index (χ2v) is 3.44. The predicted octanol–water partition coefficient (Wildman–Crippen LogP) is 0.394. The minimum absolute atomic E-state index is 0.0281. The normalized spacial score (nSPS) is 9.71. The van der Waals surface area contributed by atoms with Gasteiger partial charge in [-0.3, -0.25) is 4.79 Å². The van der Waals surface area contributed by atoms with Gasteiger partial charge in [-0.2, -0.15) is 0 Å². The van der Waals surface area contributed by atoms with E-state index in [1.165, 1.54) is 0 Å². The zero-order chi connectivity index (χ0) is 12.7. The fourth-order valence-corrected chi connectivity index (χ4v) is 1.24. The number of benzene rings is 1. The van der Waals surface area contributed by atoms with Crippen LogP contribution in [0.2, 0.25) is 0 Å². The summed E-state index contributed by atoms with van der Waals surface area (Å²) in [6.45, 7) is 0.786. The Balaban J connectivity index is 2.50. The van der Waals surface area contributed by atoms with Gasteiger partial charge in [0.25, 0.3) is 0 Å². The highest BCUT2D eigenvalue weighted by atomic mass is 16.4. The molecule has 5 N–H and O–H groups in total. The van der Waals surface area contributed by atoms with Crippen molar-refractivity contribution < 1.29 is 14.7 Å². The van der Waals surface area contributed by atoms with Gasteiger partial charge in [-0.05, 0) is 17.7 Å². The van der Waals surface area contributed by atoms with Gasteiger partial charge < -0.3 is 21.5 Å². The molecule has 1 aromatic rings. The van der Waals surface area contributed by atoms with E-state index in [9.17, 15) is 9.59 Å². The van der Waals surface area contributed by atoms with Crippen molar-refractivity contribution in [3.63, 3.8) is 0 Å². The molecule has 0 aromatic heterocycles. The van der Waals surface area contributed by atoms with Gasteiger partial charge in [0.15, 0.2) is 0 Å². The monoisotopic (exact) mass is 237 g/mol. The molecule has 1 rings (SSSR count). The van der Waals surface area contributed by atoms with Crippen molar-refractivity contribution in [3.8, 4) is 0 Å². The van der Waals surface area contributed by atoms with E-state index < -0.39 is 5.97 Å². The first-order chi connectivity index (χ1) is 8.11. The van der Waals surface area contributed by atoms with Gasteiger partial charge in [-0.1, -0.05) is 12.1 Å². The smallest absolute Gasteiger partial charge is 0.319 e. The molecule has 0 spiro atoms. The highest BCUT2D eigenvalue weighted by molar-refractivity contribution is 5.89. The maximum absolute atomic E-state index is 11.3. The van der Waals surface area contributed by atoms with E-state index in [4.69, 9.17) is 10.8 Å². The largest absolute Gasteiger partial charge is 0.481 e. The first-order valence-corrected chi connectivity index (χ1v) is 5.17. The number of urea groups is 1. The average molecular weight is 237 g/mol. The van der Waals surface area contributed by atoms with Crippen LogP contribution in [0.3, 0.4) is 0 Å². The standard InChI is InChI=1S/C11H15N3O3/c12-5-6-13-11(17)14-9-3-1-8(2-4-9)7-10(15)16/h1-4H,5-7,12H2,(H,15,16)(H2,13,14,17). The number of carbonyl (C=O) groups is 2. The molecular formula is C11H15N3O3. The molecule has 6 nitrogen and oxygen atoms in total. The Labute approximate surface area is 98.8 Å². The Bertz CT molecular complexity index is 389. The number of amides is 2. The van der Waals surface area contributed by atoms with Gasteiger partial charge in [0.05, 0.1) is 6.42 Å². The summed E-state index contributed by atoms with van der Waals surface area (Å²) in [5.41, 5.74) is 6.53. The first-order valence-electron chi connectivity index (χ1n) is 5.17. The lowest BCUT2D eigenvalue weighted by Gasteiger charge is -2.06. The predicted molar refractivity (Wildman–Crippen MR) is 63.9 cm³/mol. The summed E-state index contributed by atoms with van der Waals surface area (Å²) in [5.74, 6) is -0.883. The summed E-state index contributed by atoms with van der Waals surface area (Å²) in [7, 11) is 0. The van der Waals surface area contributed by atoms with Crippen molar-refractivity contribution in [2.75, 3.05) is 18.4 Å². The SMILES string of the molecule is NCCNC(=O)Nc1ccc(CC(=O)O)cc1. The Kier molecular flexibility index (Phi) is 4.96. The zero-order valence-corrected chi connectivity index (χ0v) is 9.27. The molecule has 0 unspecified atom stereocenters. The number of carbonyl (C=O) groups excluding carboxylic acids is 1. The molecule has 92 valence electrons. The molecule has 6 heteroatoms. The van der Waals surface area contributed by atoms with Crippen LogP contribution in [0.1, 0.15) is 5.56 Å². The van der Waals surface area contributed by atoms with Gasteiger partial charge in [-0.15, -0.1) is 0 Å². The molecular weight excluding hydrogens is 222 g/mol. The molecule has 0 aliphatic heterocycles. The highest BCUT2D eigenvalue weighted by Crippen LogP contribution is 2.09. The van der Waals surface area contributed by atoms with Crippen LogP contribution in [0.4, 0.5) is 10.5 Å². The summed E-state index contributed by atoms with van der Waals surface area (Å²) in [5, 5.41) is 13.7. The third-order valence-electron chi connectivity index (χ3n) is 2.00. The third-order valence-corrected chi connectivity index (χ3v) is 2.00. The molecule has 0 radical (unpaired) electrons. The quantitative estimate of drug-likeness (QED) is 0.594. The summed E-state index contributed by atoms with van der Waals surface area (Å²) in [6.07, 6.45) is -0.0281. The molecule has 0 bridgehead atoms. The molecule has 2 amide bonds. The van der Waals surface area contributed by atoms with Crippen LogP contribution in [0.5, 0.6) is 0 Å². The molecule has 0 aliphatic rings. The number of hydrogen-bond donors (Lipinski definition) is 4. The minimum atomic E-state index is -0.883. The van der Waals surface area contributed by atoms with Crippen molar-refractivity contribution in [2.24, 2.45) is 5.73 Å². The van der Waals surface area contributed by atoms with Crippen LogP contribution in [0.25, 0.3) is 0 Å². The molecule has 0 saturated heterocycles. The van der Waals surface area contributed by atoms with Crippen molar-refractivity contribution in [1.82, 2.24) is 5.32 Å². The lowest BCUT2D eigenvalue weighted by molar-refractivity contribution is -0.136. The van der Waals surface area contributed by atoms with Gasteiger partial charge in [0, 0.05) is 18.8 Å². The van der Waals surface area contributed by atoms with E-state index in [1.807, 2.05) is 0 Å². The fourth-order valence-electron chi connectivity index (χ4n) is 1.24. The number of anilines is 1. The Morgan fingerprint density at radius 3 is 2.41 bits per heavy atom. The first kappa shape index (κ1) is 13.0. The van der Waals surface area contributed by atoms with Gasteiger partial charge in [-0.25, -0.2) is 4.79 Å². The second-order valence-electron chi connectivity index (χ2n) is 3.44. The van der Waals surface area contributed by atoms with Crippen LogP contribution in [0, 0.1) is 0 Å². The number of carboxylic acid groups (broad SMARTS) is 1. The van der Waals surface area contributed by atoms with E-state index in [1.54, 1.807) is 24.3 Å². The lowest BCUT2D eigenvalue weighted by Crippen LogP contribution is -2.32. The lowest BCUT2D eigenvalue weighted by atomic mass is 10.1. The zero-order valence-electron chi connectivity index (χ0n) is 9.27. The molecule has 0 saturated carbocycles. The van der Waals surface area contributed by atoms with Crippen molar-refractivity contribution in [2.45, 2.75) is 6.42 Å². The summed E-state index contributed by atoms with van der Waals surface area (Å²) in [4.78, 5) is 21.7. The highest BCUT2D eigenvalue weighted by Gasteiger charge is 2.02. The number of hydrogen-bond acceptors (Lipinski definition) is 3. The van der Waals surface area contributed by atoms with Crippen molar-refractivity contribution in [3.05, 3.63) is 29.8 Å². The average Bonchev–Trinajstić information content (AvgIpc) is 2.28. The molecule has 1 aromatic carbocycles. The maximum Gasteiger partial charge on any atom is 0.319 e. The fraction of sp³-hybridized carbons (Fsp3) is 0.273. The van der Waals surface area contributed by atoms with E-state index in [0.29, 0.717) is 24.3 Å². The van der Waals surface area contributed by atoms with Crippen LogP contribution < -0.4 is 16.4 Å². The summed E-state index contributed by atoms with van der Waals surface area (Å²) >= 11 is 0. The number of nitrogens with one attached hydrogen (secondary N) is 2. The Morgan fingerprint density at radius 2 is 1.88 bits per heavy atom. The number of carboxylic acids is 1. The van der Waals surface area contributed by atoms with Crippen LogP contribution >= 0.6 is 0 Å². The summed E-state index contributed by atoms with van der Waals surface area (Å²) in [6, 6.07) is 6.29. The van der Waals surface area contributed by atoms with Gasteiger partial charge in [0.2, 0.25) is 0 Å². The Hall–Kier alpha value is -2.08. The molecule has 0 heterocycles. The topological polar surface area (TPSA) is 104 Å². The van der Waals surface area contributed by atoms with E-state index >= 15 is 0 Å². The second kappa shape index (κ2) is 6.49. The molecule has 0 aliphatic carbocycles. The van der Waals surface area contributed by atoms with Crippen molar-refractivity contribution >= 4 is 17.7 Å². The molecule has 0 fully saturated rings. The molecule has 17 heavy (non-hydrogen) atoms. The minimum Gasteiger partial charge on any atom is -0.481 e. The van der Waals surface area contributed by atoms with Crippen LogP contribution in [0.15, 0.2) is 24.3 Å². The third kappa shape index (κ3) is 4.98. The Morgan fingerprint density at radius 1 is 1.24 bits per heavy atom. The van der Waals surface area contributed by atoms with Crippen LogP contribution in [-0.2, 0) is 11.2 Å². The van der Waals surface area contributed by atoms with Gasteiger partial charge >= 0.3 is 12.0 Å². The number of rotatable bonds is 5. The van der Waals surface area contributed by atoms with Crippen LogP contribution in [-0.4, -0.2) is 30.2 Å². The maximum atomic E-state index is 11.3. The summed E-state index contributed by atoms with van der Waals surface area (Å²) < 4.78 is 0. The van der Waals surface area contributed by atoms with Crippen molar-refractivity contribution in [1.29, 1.82) is 0 Å². The number of aliphatic carboxylic acids is 1.